The van der Waals surface area contributed by atoms with Gasteiger partial charge in [0.25, 0.3) is 0 Å². The smallest absolute Gasteiger partial charge is 0.218 e. The molecule has 1 aliphatic heterocycles. The van der Waals surface area contributed by atoms with Gasteiger partial charge in [0.05, 0.1) is 12.3 Å². The lowest BCUT2D eigenvalue weighted by atomic mass is 9.99. The summed E-state index contributed by atoms with van der Waals surface area (Å²) in [6.45, 7) is 6.92. The largest absolute Gasteiger partial charge is 0.477 e. The average molecular weight is 260 g/mol. The van der Waals surface area contributed by atoms with Crippen LogP contribution in [0, 0.1) is 19.8 Å². The predicted molar refractivity (Wildman–Crippen MR) is 73.5 cm³/mol. The number of aromatic nitrogens is 3. The second-order valence-corrected chi connectivity index (χ2v) is 5.30. The van der Waals surface area contributed by atoms with Crippen LogP contribution < -0.4 is 10.1 Å². The van der Waals surface area contributed by atoms with E-state index in [-0.39, 0.29) is 0 Å². The first-order valence-corrected chi connectivity index (χ1v) is 6.90. The van der Waals surface area contributed by atoms with Crippen LogP contribution >= 0.6 is 0 Å². The molecule has 0 radical (unpaired) electrons. The first-order valence-electron chi connectivity index (χ1n) is 6.90. The summed E-state index contributed by atoms with van der Waals surface area (Å²) in [5.74, 6) is 1.44. The van der Waals surface area contributed by atoms with Gasteiger partial charge in [-0.15, -0.1) is 0 Å². The number of aryl methyl sites for hydroxylation is 2. The molecule has 102 valence electrons. The number of nitrogens with one attached hydrogen (secondary N) is 1. The molecule has 0 amide bonds. The average Bonchev–Trinajstić information content (AvgIpc) is 2.77. The molecule has 1 saturated heterocycles. The molecule has 0 spiro atoms. The molecule has 19 heavy (non-hydrogen) atoms. The Labute approximate surface area is 113 Å². The van der Waals surface area contributed by atoms with Crippen LogP contribution in [0.3, 0.4) is 0 Å². The van der Waals surface area contributed by atoms with Gasteiger partial charge in [0.2, 0.25) is 5.88 Å². The maximum atomic E-state index is 5.99. The summed E-state index contributed by atoms with van der Waals surface area (Å²) < 4.78 is 7.78. The van der Waals surface area contributed by atoms with E-state index >= 15 is 0 Å². The van der Waals surface area contributed by atoms with Gasteiger partial charge in [-0.25, -0.2) is 4.98 Å². The summed E-state index contributed by atoms with van der Waals surface area (Å²) in [5, 5.41) is 7.81. The molecule has 0 bridgehead atoms. The highest BCUT2D eigenvalue weighted by atomic mass is 16.5. The van der Waals surface area contributed by atoms with Crippen molar-refractivity contribution in [2.24, 2.45) is 5.92 Å². The number of hydrogen-bond acceptors (Lipinski definition) is 4. The molecule has 0 aliphatic carbocycles. The third-order valence-electron chi connectivity index (χ3n) is 3.57. The van der Waals surface area contributed by atoms with Crippen molar-refractivity contribution in [3.05, 3.63) is 23.5 Å². The van der Waals surface area contributed by atoms with Crippen molar-refractivity contribution in [3.63, 3.8) is 0 Å². The van der Waals surface area contributed by atoms with Crippen molar-refractivity contribution in [3.8, 4) is 5.88 Å². The van der Waals surface area contributed by atoms with Crippen molar-refractivity contribution in [2.75, 3.05) is 19.7 Å². The van der Waals surface area contributed by atoms with Gasteiger partial charge in [-0.3, -0.25) is 0 Å². The van der Waals surface area contributed by atoms with Gasteiger partial charge in [-0.05, 0) is 45.7 Å². The lowest BCUT2D eigenvalue weighted by molar-refractivity contribution is 0.205. The van der Waals surface area contributed by atoms with E-state index in [0.29, 0.717) is 5.92 Å². The fourth-order valence-electron chi connectivity index (χ4n) is 2.53. The van der Waals surface area contributed by atoms with Gasteiger partial charge in [0.1, 0.15) is 0 Å². The number of ether oxygens (including phenoxy) is 1. The Hall–Kier alpha value is -1.62. The standard InChI is InChI=1S/C14H20N4O/c1-10-8-14(18-13(16-10)7-11(2)17-18)19-9-12-3-5-15-6-4-12/h7-8,12,15H,3-6,9H2,1-2H3. The number of hydrogen-bond donors (Lipinski definition) is 1. The van der Waals surface area contributed by atoms with E-state index in [1.165, 1.54) is 12.8 Å². The van der Waals surface area contributed by atoms with Gasteiger partial charge >= 0.3 is 0 Å². The van der Waals surface area contributed by atoms with Crippen LogP contribution in [-0.2, 0) is 0 Å². The third-order valence-corrected chi connectivity index (χ3v) is 3.57. The molecule has 1 aliphatic rings. The van der Waals surface area contributed by atoms with Crippen LogP contribution in [0.5, 0.6) is 5.88 Å². The topological polar surface area (TPSA) is 51.5 Å². The number of nitrogens with zero attached hydrogens (tertiary/aromatic N) is 3. The van der Waals surface area contributed by atoms with E-state index in [0.717, 1.165) is 42.6 Å². The number of piperidine rings is 1. The van der Waals surface area contributed by atoms with Crippen molar-refractivity contribution in [2.45, 2.75) is 26.7 Å². The normalized spacial score (nSPS) is 16.9. The lowest BCUT2D eigenvalue weighted by Gasteiger charge is -2.22. The number of fused-ring (bicyclic) bond motifs is 1. The molecule has 0 unspecified atom stereocenters. The SMILES string of the molecule is Cc1cc(OCC2CCNCC2)n2nc(C)cc2n1. The minimum Gasteiger partial charge on any atom is -0.477 e. The monoisotopic (exact) mass is 260 g/mol. The maximum absolute atomic E-state index is 5.99. The second kappa shape index (κ2) is 5.17. The quantitative estimate of drug-likeness (QED) is 0.913. The van der Waals surface area contributed by atoms with Gasteiger partial charge in [-0.1, -0.05) is 0 Å². The molecule has 0 aromatic carbocycles. The summed E-state index contributed by atoms with van der Waals surface area (Å²) in [5.41, 5.74) is 2.79. The fourth-order valence-corrected chi connectivity index (χ4v) is 2.53. The molecular weight excluding hydrogens is 240 g/mol. The molecule has 1 N–H and O–H groups in total. The van der Waals surface area contributed by atoms with Crippen molar-refractivity contribution < 1.29 is 4.74 Å². The first-order chi connectivity index (χ1) is 9.22. The van der Waals surface area contributed by atoms with E-state index in [2.05, 4.69) is 15.4 Å². The van der Waals surface area contributed by atoms with E-state index in [9.17, 15) is 0 Å². The Balaban J connectivity index is 1.79. The summed E-state index contributed by atoms with van der Waals surface area (Å²) in [6, 6.07) is 3.94. The molecule has 1 fully saturated rings. The summed E-state index contributed by atoms with van der Waals surface area (Å²) >= 11 is 0. The van der Waals surface area contributed by atoms with E-state index < -0.39 is 0 Å². The zero-order chi connectivity index (χ0) is 13.2. The Morgan fingerprint density at radius 3 is 2.84 bits per heavy atom. The van der Waals surface area contributed by atoms with Gasteiger partial charge < -0.3 is 10.1 Å². The zero-order valence-corrected chi connectivity index (χ0v) is 11.5. The first kappa shape index (κ1) is 12.4. The minimum absolute atomic E-state index is 0.640. The zero-order valence-electron chi connectivity index (χ0n) is 11.5. The third kappa shape index (κ3) is 2.71. The highest BCUT2D eigenvalue weighted by Gasteiger charge is 2.15. The lowest BCUT2D eigenvalue weighted by Crippen LogP contribution is -2.30. The van der Waals surface area contributed by atoms with Crippen molar-refractivity contribution >= 4 is 5.65 Å². The van der Waals surface area contributed by atoms with Gasteiger partial charge in [-0.2, -0.15) is 9.61 Å². The molecule has 5 nitrogen and oxygen atoms in total. The molecular formula is C14H20N4O. The Morgan fingerprint density at radius 1 is 1.26 bits per heavy atom. The molecule has 2 aromatic rings. The van der Waals surface area contributed by atoms with E-state index in [4.69, 9.17) is 4.74 Å². The number of rotatable bonds is 3. The Kier molecular flexibility index (Phi) is 3.38. The van der Waals surface area contributed by atoms with Crippen LogP contribution in [-0.4, -0.2) is 34.3 Å². The Bertz CT molecular complexity index is 572. The fraction of sp³-hybridized carbons (Fsp3) is 0.571. The van der Waals surface area contributed by atoms with Crippen molar-refractivity contribution in [1.29, 1.82) is 0 Å². The second-order valence-electron chi connectivity index (χ2n) is 5.30. The van der Waals surface area contributed by atoms with Crippen LogP contribution in [0.1, 0.15) is 24.2 Å². The molecule has 3 heterocycles. The van der Waals surface area contributed by atoms with Crippen LogP contribution in [0.15, 0.2) is 12.1 Å². The molecule has 3 rings (SSSR count). The molecule has 2 aromatic heterocycles. The van der Waals surface area contributed by atoms with E-state index in [1.54, 1.807) is 4.52 Å². The summed E-state index contributed by atoms with van der Waals surface area (Å²) in [7, 11) is 0. The van der Waals surface area contributed by atoms with Gasteiger partial charge in [0.15, 0.2) is 5.65 Å². The minimum atomic E-state index is 0.640. The van der Waals surface area contributed by atoms with Crippen LogP contribution in [0.25, 0.3) is 5.65 Å². The highest BCUT2D eigenvalue weighted by Crippen LogP contribution is 2.18. The van der Waals surface area contributed by atoms with Crippen molar-refractivity contribution in [1.82, 2.24) is 19.9 Å². The van der Waals surface area contributed by atoms with E-state index in [1.807, 2.05) is 26.0 Å². The predicted octanol–water partition coefficient (Wildman–Crippen LogP) is 1.72. The molecule has 0 atom stereocenters. The molecule has 5 heteroatoms. The Morgan fingerprint density at radius 2 is 2.05 bits per heavy atom. The van der Waals surface area contributed by atoms with Crippen LogP contribution in [0.2, 0.25) is 0 Å². The maximum Gasteiger partial charge on any atom is 0.218 e. The summed E-state index contributed by atoms with van der Waals surface area (Å²) in [4.78, 5) is 4.46. The van der Waals surface area contributed by atoms with Gasteiger partial charge in [0, 0.05) is 17.8 Å². The highest BCUT2D eigenvalue weighted by molar-refractivity contribution is 5.43. The summed E-state index contributed by atoms with van der Waals surface area (Å²) in [6.07, 6.45) is 2.37. The molecule has 0 saturated carbocycles. The van der Waals surface area contributed by atoms with Crippen LogP contribution in [0.4, 0.5) is 0 Å².